The van der Waals surface area contributed by atoms with Gasteiger partial charge in [0, 0.05) is 22.2 Å². The first kappa shape index (κ1) is 21.4. The number of para-hydroxylation sites is 1. The average Bonchev–Trinajstić information content (AvgIpc) is 3.51. The molecule has 10 heteroatoms. The number of aromatic nitrogens is 4. The summed E-state index contributed by atoms with van der Waals surface area (Å²) < 4.78 is 7.48. The lowest BCUT2D eigenvalue weighted by atomic mass is 10.2. The molecule has 0 bridgehead atoms. The predicted molar refractivity (Wildman–Crippen MR) is 131 cm³/mol. The van der Waals surface area contributed by atoms with Crippen LogP contribution in [0, 0.1) is 6.92 Å². The third-order valence-electron chi connectivity index (χ3n) is 4.78. The highest BCUT2D eigenvalue weighted by atomic mass is 35.5. The molecule has 5 rings (SSSR count). The second-order valence-electron chi connectivity index (χ2n) is 7.04. The van der Waals surface area contributed by atoms with Gasteiger partial charge in [-0.3, -0.25) is 4.79 Å². The third kappa shape index (κ3) is 4.41. The van der Waals surface area contributed by atoms with Crippen LogP contribution in [0.1, 0.15) is 11.6 Å². The number of rotatable bonds is 5. The van der Waals surface area contributed by atoms with Crippen LogP contribution in [-0.2, 0) is 4.79 Å². The van der Waals surface area contributed by atoms with Crippen molar-refractivity contribution in [2.24, 2.45) is 0 Å². The molecule has 0 atom stereocenters. The van der Waals surface area contributed by atoms with Crippen molar-refractivity contribution in [2.75, 3.05) is 5.32 Å². The van der Waals surface area contributed by atoms with Crippen molar-refractivity contribution in [1.82, 2.24) is 19.8 Å². The zero-order valence-corrected chi connectivity index (χ0v) is 19.4. The molecule has 0 spiro atoms. The van der Waals surface area contributed by atoms with Gasteiger partial charge in [0.2, 0.25) is 10.9 Å². The molecule has 0 unspecified atom stereocenters. The minimum atomic E-state index is -0.302. The van der Waals surface area contributed by atoms with Crippen LogP contribution in [0.5, 0.6) is 0 Å². The van der Waals surface area contributed by atoms with Gasteiger partial charge in [-0.05, 0) is 55.5 Å². The van der Waals surface area contributed by atoms with Gasteiger partial charge in [-0.15, -0.1) is 10.2 Å². The molecule has 3 heterocycles. The van der Waals surface area contributed by atoms with Crippen LogP contribution in [0.3, 0.4) is 0 Å². The Hall–Kier alpha value is -3.46. The van der Waals surface area contributed by atoms with Crippen molar-refractivity contribution < 1.29 is 9.21 Å². The van der Waals surface area contributed by atoms with E-state index in [1.54, 1.807) is 40.9 Å². The molecule has 7 nitrogen and oxygen atoms in total. The Bertz CT molecular complexity index is 1520. The Balaban J connectivity index is 1.33. The fourth-order valence-corrected chi connectivity index (χ4v) is 4.64. The average molecular weight is 496 g/mol. The second-order valence-corrected chi connectivity index (χ2v) is 8.84. The van der Waals surface area contributed by atoms with Crippen molar-refractivity contribution >= 4 is 57.2 Å². The lowest BCUT2D eigenvalue weighted by Crippen LogP contribution is -2.08. The number of furan rings is 1. The first-order valence-corrected chi connectivity index (χ1v) is 11.4. The summed E-state index contributed by atoms with van der Waals surface area (Å²) in [6, 6.07) is 16.2. The van der Waals surface area contributed by atoms with E-state index in [0.29, 0.717) is 38.0 Å². The Labute approximate surface area is 202 Å². The van der Waals surface area contributed by atoms with Gasteiger partial charge in [-0.2, -0.15) is 9.61 Å². The molecule has 0 aliphatic heterocycles. The molecule has 1 amide bonds. The van der Waals surface area contributed by atoms with Crippen LogP contribution in [-0.4, -0.2) is 25.7 Å². The summed E-state index contributed by atoms with van der Waals surface area (Å²) in [7, 11) is 0. The van der Waals surface area contributed by atoms with Gasteiger partial charge in [-0.25, -0.2) is 0 Å². The van der Waals surface area contributed by atoms with Gasteiger partial charge in [0.05, 0.1) is 10.7 Å². The molecule has 0 fully saturated rings. The summed E-state index contributed by atoms with van der Waals surface area (Å²) in [5.41, 5.74) is 2.16. The van der Waals surface area contributed by atoms with Gasteiger partial charge < -0.3 is 9.73 Å². The molecule has 164 valence electrons. The molecule has 0 radical (unpaired) electrons. The maximum absolute atomic E-state index is 12.6. The Morgan fingerprint density at radius 3 is 2.76 bits per heavy atom. The number of fused-ring (bicyclic) bond motifs is 1. The van der Waals surface area contributed by atoms with Crippen LogP contribution >= 0.6 is 34.5 Å². The number of carbonyl (C=O) groups excluding carboxylic acids is 1. The Morgan fingerprint density at radius 2 is 1.94 bits per heavy atom. The van der Waals surface area contributed by atoms with Gasteiger partial charge in [0.25, 0.3) is 0 Å². The molecule has 0 saturated carbocycles. The Kier molecular flexibility index (Phi) is 5.72. The zero-order valence-electron chi connectivity index (χ0n) is 17.1. The number of carbonyl (C=O) groups is 1. The minimum Gasteiger partial charge on any atom is -0.457 e. The summed E-state index contributed by atoms with van der Waals surface area (Å²) in [6.07, 6.45) is 3.00. The molecular formula is C23H15Cl2N5O2S. The smallest absolute Gasteiger partial charge is 0.248 e. The van der Waals surface area contributed by atoms with Crippen LogP contribution in [0.2, 0.25) is 10.0 Å². The fraction of sp³-hybridized carbons (Fsp3) is 0.0435. The van der Waals surface area contributed by atoms with Gasteiger partial charge in [0.15, 0.2) is 5.82 Å². The fourth-order valence-electron chi connectivity index (χ4n) is 3.21. The van der Waals surface area contributed by atoms with E-state index in [2.05, 4.69) is 20.6 Å². The van der Waals surface area contributed by atoms with Crippen molar-refractivity contribution in [3.05, 3.63) is 82.3 Å². The van der Waals surface area contributed by atoms with E-state index in [1.807, 2.05) is 31.2 Å². The van der Waals surface area contributed by atoms with Gasteiger partial charge >= 0.3 is 0 Å². The molecule has 5 aromatic rings. The number of benzene rings is 2. The van der Waals surface area contributed by atoms with E-state index in [0.717, 1.165) is 16.1 Å². The predicted octanol–water partition coefficient (Wildman–Crippen LogP) is 6.38. The normalized spacial score (nSPS) is 11.5. The highest BCUT2D eigenvalue weighted by Crippen LogP contribution is 2.33. The Morgan fingerprint density at radius 1 is 1.09 bits per heavy atom. The first-order valence-electron chi connectivity index (χ1n) is 9.80. The summed E-state index contributed by atoms with van der Waals surface area (Å²) in [6.45, 7) is 1.84. The van der Waals surface area contributed by atoms with Gasteiger partial charge in [0.1, 0.15) is 16.5 Å². The lowest BCUT2D eigenvalue weighted by molar-refractivity contribution is -0.111. The lowest BCUT2D eigenvalue weighted by Gasteiger charge is -2.07. The number of halogens is 2. The van der Waals surface area contributed by atoms with Crippen molar-refractivity contribution in [1.29, 1.82) is 0 Å². The monoisotopic (exact) mass is 495 g/mol. The highest BCUT2D eigenvalue weighted by molar-refractivity contribution is 7.19. The second kappa shape index (κ2) is 8.82. The molecule has 1 N–H and O–H groups in total. The van der Waals surface area contributed by atoms with E-state index in [9.17, 15) is 4.79 Å². The van der Waals surface area contributed by atoms with Crippen molar-refractivity contribution in [2.45, 2.75) is 6.92 Å². The summed E-state index contributed by atoms with van der Waals surface area (Å²) in [5, 5.41) is 17.3. The SMILES string of the molecule is Cc1nnc2sc(-c3ccccc3NC(=O)/C=C/c3ccc(-c4ccc(Cl)cc4Cl)o3)nn12. The zero-order chi connectivity index (χ0) is 22.9. The molecule has 0 saturated heterocycles. The number of nitrogens with one attached hydrogen (secondary N) is 1. The van der Waals surface area contributed by atoms with Crippen LogP contribution in [0.25, 0.3) is 32.9 Å². The van der Waals surface area contributed by atoms with E-state index < -0.39 is 0 Å². The summed E-state index contributed by atoms with van der Waals surface area (Å²) >= 11 is 13.6. The summed E-state index contributed by atoms with van der Waals surface area (Å²) in [4.78, 5) is 13.3. The first-order chi connectivity index (χ1) is 16.0. The quantitative estimate of drug-likeness (QED) is 0.286. The van der Waals surface area contributed by atoms with Crippen molar-refractivity contribution in [3.8, 4) is 21.9 Å². The van der Waals surface area contributed by atoms with Crippen LogP contribution in [0.15, 0.2) is 65.1 Å². The van der Waals surface area contributed by atoms with E-state index in [4.69, 9.17) is 27.6 Å². The van der Waals surface area contributed by atoms with Crippen LogP contribution in [0.4, 0.5) is 5.69 Å². The number of amides is 1. The largest absolute Gasteiger partial charge is 0.457 e. The number of hydrogen-bond donors (Lipinski definition) is 1. The molecule has 0 aliphatic rings. The highest BCUT2D eigenvalue weighted by Gasteiger charge is 2.14. The van der Waals surface area contributed by atoms with Crippen LogP contribution < -0.4 is 5.32 Å². The number of nitrogens with zero attached hydrogens (tertiary/aromatic N) is 4. The van der Waals surface area contributed by atoms with E-state index >= 15 is 0 Å². The number of anilines is 1. The number of aryl methyl sites for hydroxylation is 1. The van der Waals surface area contributed by atoms with Crippen molar-refractivity contribution in [3.63, 3.8) is 0 Å². The standard InChI is InChI=1S/C23H15Cl2N5O2S/c1-13-27-28-23-30(13)29-22(33-23)17-4-2-3-5-19(17)26-21(31)11-8-15-7-10-20(32-15)16-9-6-14(24)12-18(16)25/h2-12H,1H3,(H,26,31)/b11-8+. The van der Waals surface area contributed by atoms with Gasteiger partial charge in [-0.1, -0.05) is 46.7 Å². The maximum atomic E-state index is 12.6. The molecule has 0 aliphatic carbocycles. The maximum Gasteiger partial charge on any atom is 0.248 e. The third-order valence-corrected chi connectivity index (χ3v) is 6.26. The minimum absolute atomic E-state index is 0.302. The molecular weight excluding hydrogens is 481 g/mol. The van der Waals surface area contributed by atoms with E-state index in [1.165, 1.54) is 17.4 Å². The molecule has 3 aromatic heterocycles. The summed E-state index contributed by atoms with van der Waals surface area (Å²) in [5.74, 6) is 1.50. The molecule has 2 aromatic carbocycles. The number of hydrogen-bond acceptors (Lipinski definition) is 6. The molecule has 33 heavy (non-hydrogen) atoms. The topological polar surface area (TPSA) is 85.3 Å². The van der Waals surface area contributed by atoms with E-state index in [-0.39, 0.29) is 5.91 Å².